The van der Waals surface area contributed by atoms with Crippen molar-refractivity contribution >= 4 is 23.3 Å². The highest BCUT2D eigenvalue weighted by molar-refractivity contribution is 6.31. The Kier molecular flexibility index (Phi) is 5.12. The number of halogens is 1. The van der Waals surface area contributed by atoms with Crippen molar-refractivity contribution in [2.45, 2.75) is 6.54 Å². The first-order valence-corrected chi connectivity index (χ1v) is 6.90. The van der Waals surface area contributed by atoms with E-state index in [2.05, 4.69) is 5.32 Å². The molecule has 0 aliphatic heterocycles. The van der Waals surface area contributed by atoms with Gasteiger partial charge in [0.1, 0.15) is 0 Å². The van der Waals surface area contributed by atoms with Gasteiger partial charge in [-0.05, 0) is 35.9 Å². The molecule has 116 valence electrons. The largest absolute Gasteiger partial charge is 0.493 e. The molecule has 0 aliphatic carbocycles. The fourth-order valence-electron chi connectivity index (χ4n) is 1.96. The molecule has 0 aromatic heterocycles. The molecule has 0 spiro atoms. The van der Waals surface area contributed by atoms with Crippen molar-refractivity contribution in [2.24, 2.45) is 0 Å². The number of nitrogens with one attached hydrogen (secondary N) is 1. The smallest absolute Gasteiger partial charge is 0.335 e. The van der Waals surface area contributed by atoms with Crippen LogP contribution in [0.4, 0.5) is 5.69 Å². The van der Waals surface area contributed by atoms with Gasteiger partial charge >= 0.3 is 5.97 Å². The van der Waals surface area contributed by atoms with Crippen LogP contribution in [-0.2, 0) is 6.54 Å². The van der Waals surface area contributed by atoms with E-state index in [1.807, 2.05) is 0 Å². The molecule has 6 heteroatoms. The van der Waals surface area contributed by atoms with E-state index in [4.69, 9.17) is 26.2 Å². The number of aromatic carboxylic acids is 1. The van der Waals surface area contributed by atoms with Crippen molar-refractivity contribution in [3.63, 3.8) is 0 Å². The van der Waals surface area contributed by atoms with Crippen molar-refractivity contribution in [1.82, 2.24) is 0 Å². The molecule has 0 fully saturated rings. The van der Waals surface area contributed by atoms with Crippen LogP contribution >= 0.6 is 11.6 Å². The second-order valence-electron chi connectivity index (χ2n) is 4.53. The maximum absolute atomic E-state index is 10.8. The zero-order chi connectivity index (χ0) is 16.1. The SMILES string of the molecule is COc1cc(Cl)c(CNc2ccc(C(=O)O)cc2)cc1OC. The molecule has 0 saturated carbocycles. The van der Waals surface area contributed by atoms with Gasteiger partial charge < -0.3 is 19.9 Å². The lowest BCUT2D eigenvalue weighted by atomic mass is 10.1. The molecule has 22 heavy (non-hydrogen) atoms. The second-order valence-corrected chi connectivity index (χ2v) is 4.94. The van der Waals surface area contributed by atoms with Crippen LogP contribution in [0.1, 0.15) is 15.9 Å². The zero-order valence-electron chi connectivity index (χ0n) is 12.2. The monoisotopic (exact) mass is 321 g/mol. The van der Waals surface area contributed by atoms with E-state index in [9.17, 15) is 4.79 Å². The number of hydrogen-bond acceptors (Lipinski definition) is 4. The quantitative estimate of drug-likeness (QED) is 0.849. The summed E-state index contributed by atoms with van der Waals surface area (Å²) in [5.74, 6) is 0.224. The number of benzene rings is 2. The standard InChI is InChI=1S/C16H16ClNO4/c1-21-14-7-11(13(17)8-15(14)22-2)9-18-12-5-3-10(4-6-12)16(19)20/h3-8,18H,9H2,1-2H3,(H,19,20). The van der Waals surface area contributed by atoms with Crippen LogP contribution < -0.4 is 14.8 Å². The summed E-state index contributed by atoms with van der Waals surface area (Å²) >= 11 is 6.22. The van der Waals surface area contributed by atoms with Gasteiger partial charge in [-0.1, -0.05) is 11.6 Å². The third-order valence-corrected chi connectivity index (χ3v) is 3.52. The average Bonchev–Trinajstić information content (AvgIpc) is 2.53. The molecule has 2 aromatic rings. The van der Waals surface area contributed by atoms with Gasteiger partial charge in [-0.25, -0.2) is 4.79 Å². The molecule has 5 nitrogen and oxygen atoms in total. The van der Waals surface area contributed by atoms with Gasteiger partial charge in [-0.2, -0.15) is 0 Å². The number of ether oxygens (including phenoxy) is 2. The van der Waals surface area contributed by atoms with Gasteiger partial charge in [0.2, 0.25) is 0 Å². The molecule has 2 N–H and O–H groups in total. The van der Waals surface area contributed by atoms with Crippen molar-refractivity contribution in [3.05, 3.63) is 52.5 Å². The van der Waals surface area contributed by atoms with Crippen molar-refractivity contribution in [2.75, 3.05) is 19.5 Å². The molecule has 0 aliphatic rings. The zero-order valence-corrected chi connectivity index (χ0v) is 13.0. The average molecular weight is 322 g/mol. The minimum absolute atomic E-state index is 0.245. The molecule has 0 saturated heterocycles. The first-order chi connectivity index (χ1) is 10.5. The molecule has 0 unspecified atom stereocenters. The number of rotatable bonds is 6. The van der Waals surface area contributed by atoms with Crippen LogP contribution in [0.15, 0.2) is 36.4 Å². The number of methoxy groups -OCH3 is 2. The Balaban J connectivity index is 2.12. The van der Waals surface area contributed by atoms with Crippen LogP contribution in [0.2, 0.25) is 5.02 Å². The van der Waals surface area contributed by atoms with Crippen molar-refractivity contribution in [3.8, 4) is 11.5 Å². The van der Waals surface area contributed by atoms with E-state index in [1.165, 1.54) is 0 Å². The summed E-state index contributed by atoms with van der Waals surface area (Å²) in [4.78, 5) is 10.8. The first-order valence-electron chi connectivity index (χ1n) is 6.52. The van der Waals surface area contributed by atoms with Crippen molar-refractivity contribution in [1.29, 1.82) is 0 Å². The van der Waals surface area contributed by atoms with E-state index in [0.29, 0.717) is 23.1 Å². The Morgan fingerprint density at radius 3 is 2.27 bits per heavy atom. The van der Waals surface area contributed by atoms with E-state index >= 15 is 0 Å². The molecule has 0 radical (unpaired) electrons. The van der Waals surface area contributed by atoms with E-state index in [1.54, 1.807) is 50.6 Å². The third kappa shape index (κ3) is 3.62. The second kappa shape index (κ2) is 7.04. The Morgan fingerprint density at radius 1 is 1.14 bits per heavy atom. The van der Waals surface area contributed by atoms with Gasteiger partial charge in [0.15, 0.2) is 11.5 Å². The summed E-state index contributed by atoms with van der Waals surface area (Å²) in [6.07, 6.45) is 0. The first kappa shape index (κ1) is 16.0. The fourth-order valence-corrected chi connectivity index (χ4v) is 2.18. The lowest BCUT2D eigenvalue weighted by molar-refractivity contribution is 0.0697. The highest BCUT2D eigenvalue weighted by Gasteiger charge is 2.10. The number of carboxylic acid groups (broad SMARTS) is 1. The summed E-state index contributed by atoms with van der Waals surface area (Å²) in [5, 5.41) is 12.6. The molecule has 0 bridgehead atoms. The molecule has 0 heterocycles. The molecular weight excluding hydrogens is 306 g/mol. The van der Waals surface area contributed by atoms with Crippen LogP contribution in [-0.4, -0.2) is 25.3 Å². The normalized spacial score (nSPS) is 10.1. The predicted molar refractivity (Wildman–Crippen MR) is 85.3 cm³/mol. The summed E-state index contributed by atoms with van der Waals surface area (Å²) in [5.41, 5.74) is 1.90. The number of anilines is 1. The van der Waals surface area contributed by atoms with Crippen LogP contribution in [0, 0.1) is 0 Å². The minimum Gasteiger partial charge on any atom is -0.493 e. The highest BCUT2D eigenvalue weighted by Crippen LogP contribution is 2.33. The molecule has 0 amide bonds. The summed E-state index contributed by atoms with van der Waals surface area (Å²) in [6, 6.07) is 10.0. The van der Waals surface area contributed by atoms with Crippen LogP contribution in [0.3, 0.4) is 0 Å². The van der Waals surface area contributed by atoms with Gasteiger partial charge in [-0.15, -0.1) is 0 Å². The van der Waals surface area contributed by atoms with Gasteiger partial charge in [0.05, 0.1) is 19.8 Å². The van der Waals surface area contributed by atoms with E-state index in [0.717, 1.165) is 11.3 Å². The maximum Gasteiger partial charge on any atom is 0.335 e. The third-order valence-electron chi connectivity index (χ3n) is 3.17. The van der Waals surface area contributed by atoms with Gasteiger partial charge in [0.25, 0.3) is 0 Å². The lowest BCUT2D eigenvalue weighted by Crippen LogP contribution is -2.02. The molecule has 2 rings (SSSR count). The van der Waals surface area contributed by atoms with E-state index < -0.39 is 5.97 Å². The Labute approximate surface area is 133 Å². The summed E-state index contributed by atoms with van der Waals surface area (Å²) in [7, 11) is 3.11. The van der Waals surface area contributed by atoms with Gasteiger partial charge in [0, 0.05) is 23.3 Å². The fraction of sp³-hybridized carbons (Fsp3) is 0.188. The molecule has 2 aromatic carbocycles. The Morgan fingerprint density at radius 2 is 1.73 bits per heavy atom. The highest BCUT2D eigenvalue weighted by atomic mass is 35.5. The Bertz CT molecular complexity index is 671. The summed E-state index contributed by atoms with van der Waals surface area (Å²) in [6.45, 7) is 0.478. The van der Waals surface area contributed by atoms with Crippen LogP contribution in [0.25, 0.3) is 0 Å². The predicted octanol–water partition coefficient (Wildman–Crippen LogP) is 3.67. The lowest BCUT2D eigenvalue weighted by Gasteiger charge is -2.13. The molecular formula is C16H16ClNO4. The Hall–Kier alpha value is -2.40. The van der Waals surface area contributed by atoms with Gasteiger partial charge in [-0.3, -0.25) is 0 Å². The summed E-state index contributed by atoms with van der Waals surface area (Å²) < 4.78 is 10.4. The maximum atomic E-state index is 10.8. The van der Waals surface area contributed by atoms with E-state index in [-0.39, 0.29) is 5.56 Å². The van der Waals surface area contributed by atoms with Crippen molar-refractivity contribution < 1.29 is 19.4 Å². The minimum atomic E-state index is -0.950. The number of carboxylic acids is 1. The number of hydrogen-bond donors (Lipinski definition) is 2. The van der Waals surface area contributed by atoms with Crippen LogP contribution in [0.5, 0.6) is 11.5 Å². The topological polar surface area (TPSA) is 67.8 Å². The number of carbonyl (C=O) groups is 1. The molecule has 0 atom stereocenters.